The molecule has 0 fully saturated rings. The second-order valence-electron chi connectivity index (χ2n) is 6.09. The minimum absolute atomic E-state index is 0.233. The summed E-state index contributed by atoms with van der Waals surface area (Å²) in [5, 5.41) is 7.56. The van der Waals surface area contributed by atoms with Crippen LogP contribution in [0.4, 0.5) is 4.79 Å². The van der Waals surface area contributed by atoms with E-state index >= 15 is 0 Å². The molecule has 124 valence electrons. The Bertz CT molecular complexity index is 834. The monoisotopic (exact) mass is 324 g/mol. The largest absolute Gasteiger partial charge is 0.459 e. The molecule has 0 bridgehead atoms. The third-order valence-electron chi connectivity index (χ3n) is 3.97. The summed E-state index contributed by atoms with van der Waals surface area (Å²) < 4.78 is 5.37. The third kappa shape index (κ3) is 2.97. The summed E-state index contributed by atoms with van der Waals surface area (Å²) in [6.45, 7) is 5.32. The summed E-state index contributed by atoms with van der Waals surface area (Å²) in [5.74, 6) is -0.423. The quantitative estimate of drug-likeness (QED) is 0.850. The second-order valence-corrected chi connectivity index (χ2v) is 6.09. The fourth-order valence-electron chi connectivity index (χ4n) is 2.98. The van der Waals surface area contributed by atoms with Crippen LogP contribution in [-0.4, -0.2) is 18.1 Å². The van der Waals surface area contributed by atoms with Gasteiger partial charge in [0, 0.05) is 5.70 Å². The standard InChI is InChI=1S/C19H20N2O3/c1-11(2)24-18(22)16-12(3)20-19(23)21-17(16)15-10-6-8-13-7-4-5-9-14(13)15/h4-11,17H,1-3H3,(H2,20,21,23). The van der Waals surface area contributed by atoms with E-state index in [4.69, 9.17) is 4.74 Å². The molecule has 2 aromatic carbocycles. The number of fused-ring (bicyclic) bond motifs is 1. The summed E-state index contributed by atoms with van der Waals surface area (Å²) >= 11 is 0. The number of hydrogen-bond donors (Lipinski definition) is 2. The van der Waals surface area contributed by atoms with E-state index in [-0.39, 0.29) is 12.1 Å². The molecular formula is C19H20N2O3. The van der Waals surface area contributed by atoms with Crippen LogP contribution in [0.3, 0.4) is 0 Å². The number of rotatable bonds is 3. The summed E-state index contributed by atoms with van der Waals surface area (Å²) in [6.07, 6.45) is -0.233. The van der Waals surface area contributed by atoms with Crippen molar-refractivity contribution < 1.29 is 14.3 Å². The summed E-state index contributed by atoms with van der Waals surface area (Å²) in [5.41, 5.74) is 1.82. The van der Waals surface area contributed by atoms with E-state index in [9.17, 15) is 9.59 Å². The highest BCUT2D eigenvalue weighted by Gasteiger charge is 2.33. The molecule has 0 radical (unpaired) electrons. The van der Waals surface area contributed by atoms with Gasteiger partial charge in [-0.3, -0.25) is 0 Å². The lowest BCUT2D eigenvalue weighted by Crippen LogP contribution is -2.45. The van der Waals surface area contributed by atoms with Gasteiger partial charge in [0.15, 0.2) is 0 Å². The third-order valence-corrected chi connectivity index (χ3v) is 3.97. The molecule has 2 aromatic rings. The van der Waals surface area contributed by atoms with E-state index in [1.54, 1.807) is 20.8 Å². The Labute approximate surface area is 140 Å². The molecule has 0 spiro atoms. The summed E-state index contributed by atoms with van der Waals surface area (Å²) in [4.78, 5) is 24.5. The number of esters is 1. The number of carbonyl (C=O) groups is 2. The SMILES string of the molecule is CC1=C(C(=O)OC(C)C)C(c2cccc3ccccc23)NC(=O)N1. The van der Waals surface area contributed by atoms with E-state index in [0.717, 1.165) is 16.3 Å². The molecule has 2 amide bonds. The number of allylic oxidation sites excluding steroid dienone is 1. The number of urea groups is 1. The Kier molecular flexibility index (Phi) is 4.25. The van der Waals surface area contributed by atoms with Gasteiger partial charge < -0.3 is 15.4 Å². The Morgan fingerprint density at radius 3 is 2.58 bits per heavy atom. The van der Waals surface area contributed by atoms with Gasteiger partial charge in [-0.2, -0.15) is 0 Å². The van der Waals surface area contributed by atoms with Gasteiger partial charge in [0.05, 0.1) is 17.7 Å². The minimum Gasteiger partial charge on any atom is -0.459 e. The van der Waals surface area contributed by atoms with Crippen molar-refractivity contribution in [3.63, 3.8) is 0 Å². The molecule has 1 unspecified atom stereocenters. The zero-order chi connectivity index (χ0) is 17.3. The van der Waals surface area contributed by atoms with Gasteiger partial charge in [0.25, 0.3) is 0 Å². The van der Waals surface area contributed by atoms with Crippen molar-refractivity contribution >= 4 is 22.8 Å². The van der Waals surface area contributed by atoms with Crippen molar-refractivity contribution in [3.05, 3.63) is 59.3 Å². The smallest absolute Gasteiger partial charge is 0.338 e. The zero-order valence-electron chi connectivity index (χ0n) is 13.9. The van der Waals surface area contributed by atoms with Crippen LogP contribution in [0, 0.1) is 0 Å². The van der Waals surface area contributed by atoms with Crippen LogP contribution >= 0.6 is 0 Å². The average molecular weight is 324 g/mol. The highest BCUT2D eigenvalue weighted by Crippen LogP contribution is 2.32. The number of hydrogen-bond acceptors (Lipinski definition) is 3. The van der Waals surface area contributed by atoms with Crippen LogP contribution < -0.4 is 10.6 Å². The molecule has 1 aliphatic rings. The molecule has 1 heterocycles. The van der Waals surface area contributed by atoms with Crippen LogP contribution in [0.25, 0.3) is 10.8 Å². The first-order valence-corrected chi connectivity index (χ1v) is 7.94. The Hall–Kier alpha value is -2.82. The van der Waals surface area contributed by atoms with Crippen molar-refractivity contribution in [2.75, 3.05) is 0 Å². The van der Waals surface area contributed by atoms with Crippen LogP contribution in [-0.2, 0) is 9.53 Å². The van der Waals surface area contributed by atoms with Gasteiger partial charge in [-0.25, -0.2) is 9.59 Å². The maximum Gasteiger partial charge on any atom is 0.338 e. The molecule has 2 N–H and O–H groups in total. The van der Waals surface area contributed by atoms with Crippen molar-refractivity contribution in [1.82, 2.24) is 10.6 Å². The Morgan fingerprint density at radius 2 is 1.83 bits per heavy atom. The van der Waals surface area contributed by atoms with Crippen LogP contribution in [0.1, 0.15) is 32.4 Å². The zero-order valence-corrected chi connectivity index (χ0v) is 13.9. The van der Waals surface area contributed by atoms with Crippen molar-refractivity contribution in [2.24, 2.45) is 0 Å². The van der Waals surface area contributed by atoms with Gasteiger partial charge in [-0.1, -0.05) is 42.5 Å². The maximum atomic E-state index is 12.6. The number of carbonyl (C=O) groups excluding carboxylic acids is 2. The van der Waals surface area contributed by atoms with Gasteiger partial charge in [0.1, 0.15) is 0 Å². The highest BCUT2D eigenvalue weighted by molar-refractivity contribution is 5.97. The van der Waals surface area contributed by atoms with E-state index in [0.29, 0.717) is 11.3 Å². The van der Waals surface area contributed by atoms with Gasteiger partial charge in [-0.05, 0) is 37.1 Å². The topological polar surface area (TPSA) is 67.4 Å². The molecule has 3 rings (SSSR count). The molecule has 0 saturated heterocycles. The molecule has 0 saturated carbocycles. The van der Waals surface area contributed by atoms with E-state index in [1.807, 2.05) is 42.5 Å². The van der Waals surface area contributed by atoms with Crippen molar-refractivity contribution in [2.45, 2.75) is 32.9 Å². The van der Waals surface area contributed by atoms with Crippen LogP contribution in [0.2, 0.25) is 0 Å². The number of ether oxygens (including phenoxy) is 1. The molecular weight excluding hydrogens is 304 g/mol. The summed E-state index contributed by atoms with van der Waals surface area (Å²) in [7, 11) is 0. The van der Waals surface area contributed by atoms with Gasteiger partial charge in [-0.15, -0.1) is 0 Å². The number of nitrogens with one attached hydrogen (secondary N) is 2. The molecule has 0 aromatic heterocycles. The second kappa shape index (κ2) is 6.35. The molecule has 1 atom stereocenters. The Morgan fingerprint density at radius 1 is 1.12 bits per heavy atom. The first-order valence-electron chi connectivity index (χ1n) is 7.94. The lowest BCUT2D eigenvalue weighted by atomic mass is 9.91. The highest BCUT2D eigenvalue weighted by atomic mass is 16.5. The van der Waals surface area contributed by atoms with Crippen LogP contribution in [0.5, 0.6) is 0 Å². The van der Waals surface area contributed by atoms with Gasteiger partial charge >= 0.3 is 12.0 Å². The predicted molar refractivity (Wildman–Crippen MR) is 92.3 cm³/mol. The lowest BCUT2D eigenvalue weighted by molar-refractivity contribution is -0.143. The molecule has 5 nitrogen and oxygen atoms in total. The van der Waals surface area contributed by atoms with E-state index < -0.39 is 12.0 Å². The minimum atomic E-state index is -0.545. The fourth-order valence-corrected chi connectivity index (χ4v) is 2.98. The van der Waals surface area contributed by atoms with Gasteiger partial charge in [0.2, 0.25) is 0 Å². The molecule has 5 heteroatoms. The fraction of sp³-hybridized carbons (Fsp3) is 0.263. The van der Waals surface area contributed by atoms with Crippen molar-refractivity contribution in [3.8, 4) is 0 Å². The predicted octanol–water partition coefficient (Wildman–Crippen LogP) is 3.42. The molecule has 0 aliphatic carbocycles. The summed E-state index contributed by atoms with van der Waals surface area (Å²) in [6, 6.07) is 12.9. The first-order chi connectivity index (χ1) is 11.5. The van der Waals surface area contributed by atoms with E-state index in [2.05, 4.69) is 10.6 Å². The number of amides is 2. The lowest BCUT2D eigenvalue weighted by Gasteiger charge is -2.29. The maximum absolute atomic E-state index is 12.6. The average Bonchev–Trinajstić information content (AvgIpc) is 2.52. The Balaban J connectivity index is 2.13. The number of benzene rings is 2. The molecule has 1 aliphatic heterocycles. The molecule has 24 heavy (non-hydrogen) atoms. The van der Waals surface area contributed by atoms with E-state index in [1.165, 1.54) is 0 Å². The van der Waals surface area contributed by atoms with Crippen LogP contribution in [0.15, 0.2) is 53.7 Å². The first kappa shape index (κ1) is 16.1. The van der Waals surface area contributed by atoms with Crippen molar-refractivity contribution in [1.29, 1.82) is 0 Å². The normalized spacial score (nSPS) is 17.7.